The van der Waals surface area contributed by atoms with Crippen LogP contribution in [0.5, 0.6) is 5.75 Å². The minimum absolute atomic E-state index is 0.176. The maximum Gasteiger partial charge on any atom is 0.255 e. The van der Waals surface area contributed by atoms with Gasteiger partial charge < -0.3 is 10.4 Å². The van der Waals surface area contributed by atoms with Crippen LogP contribution in [0.1, 0.15) is 21.5 Å². The van der Waals surface area contributed by atoms with Gasteiger partial charge in [0.15, 0.2) is 0 Å². The Balaban J connectivity index is 2.26. The lowest BCUT2D eigenvalue weighted by molar-refractivity contribution is 0.102. The molecule has 2 rings (SSSR count). The second-order valence-electron chi connectivity index (χ2n) is 4.37. The Morgan fingerprint density at radius 3 is 2.63 bits per heavy atom. The molecule has 0 bridgehead atoms. The number of carbonyl (C=O) groups excluding carboxylic acids is 1. The number of hydrogen-bond donors (Lipinski definition) is 2. The third-order valence-corrected chi connectivity index (χ3v) is 3.38. The van der Waals surface area contributed by atoms with Crippen LogP contribution in [0.4, 0.5) is 5.69 Å². The number of carbonyl (C=O) groups is 1. The van der Waals surface area contributed by atoms with E-state index in [1.807, 2.05) is 6.92 Å². The fourth-order valence-corrected chi connectivity index (χ4v) is 1.91. The van der Waals surface area contributed by atoms with Gasteiger partial charge in [-0.1, -0.05) is 17.7 Å². The molecule has 0 saturated carbocycles. The fourth-order valence-electron chi connectivity index (χ4n) is 1.73. The van der Waals surface area contributed by atoms with Crippen LogP contribution in [0.15, 0.2) is 36.4 Å². The fraction of sp³-hybridized carbons (Fsp3) is 0.133. The van der Waals surface area contributed by atoms with E-state index in [1.54, 1.807) is 37.3 Å². The summed E-state index contributed by atoms with van der Waals surface area (Å²) in [7, 11) is 0. The summed E-state index contributed by atoms with van der Waals surface area (Å²) >= 11 is 6.00. The van der Waals surface area contributed by atoms with E-state index in [9.17, 15) is 9.90 Å². The zero-order chi connectivity index (χ0) is 14.0. The van der Waals surface area contributed by atoms with Gasteiger partial charge in [-0.25, -0.2) is 0 Å². The second-order valence-corrected chi connectivity index (χ2v) is 4.77. The zero-order valence-electron chi connectivity index (χ0n) is 10.7. The minimum Gasteiger partial charge on any atom is -0.508 e. The van der Waals surface area contributed by atoms with E-state index >= 15 is 0 Å². The Bertz CT molecular complexity index is 638. The molecule has 4 heteroatoms. The standard InChI is InChI=1S/C15H14ClNO2/c1-9-8-11(6-7-14(9)18)15(19)17-13-5-3-4-12(16)10(13)2/h3-8,18H,1-2H3,(H,17,19). The number of anilines is 1. The number of nitrogens with one attached hydrogen (secondary N) is 1. The van der Waals surface area contributed by atoms with Crippen molar-refractivity contribution in [1.82, 2.24) is 0 Å². The molecular weight excluding hydrogens is 262 g/mol. The summed E-state index contributed by atoms with van der Waals surface area (Å²) in [5, 5.41) is 12.9. The summed E-state index contributed by atoms with van der Waals surface area (Å²) in [6.45, 7) is 3.59. The molecule has 0 saturated heterocycles. The predicted octanol–water partition coefficient (Wildman–Crippen LogP) is 3.91. The van der Waals surface area contributed by atoms with Crippen LogP contribution >= 0.6 is 11.6 Å². The molecule has 0 radical (unpaired) electrons. The minimum atomic E-state index is -0.228. The molecule has 0 spiro atoms. The highest BCUT2D eigenvalue weighted by atomic mass is 35.5. The number of hydrogen-bond acceptors (Lipinski definition) is 2. The maximum absolute atomic E-state index is 12.1. The normalized spacial score (nSPS) is 10.3. The van der Waals surface area contributed by atoms with Crippen molar-refractivity contribution in [2.75, 3.05) is 5.32 Å². The number of rotatable bonds is 2. The van der Waals surface area contributed by atoms with Crippen LogP contribution in [0.25, 0.3) is 0 Å². The monoisotopic (exact) mass is 275 g/mol. The van der Waals surface area contributed by atoms with Crippen molar-refractivity contribution in [3.8, 4) is 5.75 Å². The molecule has 0 heterocycles. The molecule has 19 heavy (non-hydrogen) atoms. The van der Waals surface area contributed by atoms with Crippen molar-refractivity contribution in [2.45, 2.75) is 13.8 Å². The summed E-state index contributed by atoms with van der Waals surface area (Å²) in [4.78, 5) is 12.1. The van der Waals surface area contributed by atoms with Crippen molar-refractivity contribution in [3.63, 3.8) is 0 Å². The molecule has 1 amide bonds. The number of phenols is 1. The van der Waals surface area contributed by atoms with E-state index in [-0.39, 0.29) is 11.7 Å². The van der Waals surface area contributed by atoms with Crippen molar-refractivity contribution in [1.29, 1.82) is 0 Å². The van der Waals surface area contributed by atoms with Gasteiger partial charge in [0.25, 0.3) is 5.91 Å². The second kappa shape index (κ2) is 5.33. The molecular formula is C15H14ClNO2. The maximum atomic E-state index is 12.1. The van der Waals surface area contributed by atoms with E-state index in [1.165, 1.54) is 6.07 Å². The molecule has 2 aromatic carbocycles. The largest absolute Gasteiger partial charge is 0.508 e. The van der Waals surface area contributed by atoms with Crippen LogP contribution in [-0.2, 0) is 0 Å². The number of benzene rings is 2. The highest BCUT2D eigenvalue weighted by Gasteiger charge is 2.10. The van der Waals surface area contributed by atoms with Crippen LogP contribution in [0.3, 0.4) is 0 Å². The third kappa shape index (κ3) is 2.88. The third-order valence-electron chi connectivity index (χ3n) is 2.97. The van der Waals surface area contributed by atoms with Gasteiger partial charge in [0.05, 0.1) is 0 Å². The van der Waals surface area contributed by atoms with Crippen LogP contribution in [-0.4, -0.2) is 11.0 Å². The predicted molar refractivity (Wildman–Crippen MR) is 77.0 cm³/mol. The molecule has 98 valence electrons. The van der Waals surface area contributed by atoms with E-state index in [2.05, 4.69) is 5.32 Å². The molecule has 0 aliphatic rings. The molecule has 0 fully saturated rings. The lowest BCUT2D eigenvalue weighted by atomic mass is 10.1. The molecule has 2 aromatic rings. The van der Waals surface area contributed by atoms with Gasteiger partial charge in [0, 0.05) is 16.3 Å². The lowest BCUT2D eigenvalue weighted by Crippen LogP contribution is -2.12. The highest BCUT2D eigenvalue weighted by Crippen LogP contribution is 2.24. The Hall–Kier alpha value is -2.00. The highest BCUT2D eigenvalue weighted by molar-refractivity contribution is 6.31. The summed E-state index contributed by atoms with van der Waals surface area (Å²) in [5.41, 5.74) is 2.67. The smallest absolute Gasteiger partial charge is 0.255 e. The van der Waals surface area contributed by atoms with Gasteiger partial charge >= 0.3 is 0 Å². The Labute approximate surface area is 116 Å². The van der Waals surface area contributed by atoms with Gasteiger partial charge in [-0.2, -0.15) is 0 Å². The SMILES string of the molecule is Cc1cc(C(=O)Nc2cccc(Cl)c2C)ccc1O. The van der Waals surface area contributed by atoms with E-state index in [0.717, 1.165) is 5.56 Å². The van der Waals surface area contributed by atoms with Crippen molar-refractivity contribution >= 4 is 23.2 Å². The summed E-state index contributed by atoms with van der Waals surface area (Å²) in [6, 6.07) is 10.1. The molecule has 0 unspecified atom stereocenters. The number of halogens is 1. The summed E-state index contributed by atoms with van der Waals surface area (Å²) < 4.78 is 0. The van der Waals surface area contributed by atoms with Crippen molar-refractivity contribution < 1.29 is 9.90 Å². The first-order valence-electron chi connectivity index (χ1n) is 5.85. The first kappa shape index (κ1) is 13.4. The summed E-state index contributed by atoms with van der Waals surface area (Å²) in [6.07, 6.45) is 0. The molecule has 3 nitrogen and oxygen atoms in total. The van der Waals surface area contributed by atoms with Gasteiger partial charge in [0.2, 0.25) is 0 Å². The zero-order valence-corrected chi connectivity index (χ0v) is 11.5. The first-order chi connectivity index (χ1) is 8.99. The average Bonchev–Trinajstić information content (AvgIpc) is 2.38. The first-order valence-corrected chi connectivity index (χ1v) is 6.23. The van der Waals surface area contributed by atoms with Gasteiger partial charge in [0.1, 0.15) is 5.75 Å². The van der Waals surface area contributed by atoms with Crippen molar-refractivity contribution in [2.24, 2.45) is 0 Å². The Kier molecular flexibility index (Phi) is 3.76. The Morgan fingerprint density at radius 2 is 1.95 bits per heavy atom. The lowest BCUT2D eigenvalue weighted by Gasteiger charge is -2.10. The quantitative estimate of drug-likeness (QED) is 0.873. The van der Waals surface area contributed by atoms with E-state index < -0.39 is 0 Å². The van der Waals surface area contributed by atoms with E-state index in [0.29, 0.717) is 21.8 Å². The van der Waals surface area contributed by atoms with Crippen LogP contribution in [0.2, 0.25) is 5.02 Å². The van der Waals surface area contributed by atoms with Gasteiger partial charge in [-0.15, -0.1) is 0 Å². The molecule has 0 atom stereocenters. The van der Waals surface area contributed by atoms with E-state index in [4.69, 9.17) is 11.6 Å². The number of phenolic OH excluding ortho intramolecular Hbond substituents is 1. The number of aromatic hydroxyl groups is 1. The number of amides is 1. The molecule has 2 N–H and O–H groups in total. The Morgan fingerprint density at radius 1 is 1.21 bits per heavy atom. The topological polar surface area (TPSA) is 49.3 Å². The summed E-state index contributed by atoms with van der Waals surface area (Å²) in [5.74, 6) is -0.0519. The van der Waals surface area contributed by atoms with Gasteiger partial charge in [-0.3, -0.25) is 4.79 Å². The average molecular weight is 276 g/mol. The van der Waals surface area contributed by atoms with Crippen molar-refractivity contribution in [3.05, 3.63) is 58.1 Å². The van der Waals surface area contributed by atoms with Crippen LogP contribution in [0, 0.1) is 13.8 Å². The van der Waals surface area contributed by atoms with Gasteiger partial charge in [-0.05, 0) is 55.3 Å². The van der Waals surface area contributed by atoms with Crippen LogP contribution < -0.4 is 5.32 Å². The number of aryl methyl sites for hydroxylation is 1. The molecule has 0 aliphatic heterocycles. The molecule has 0 aliphatic carbocycles. The molecule has 0 aromatic heterocycles.